The average Bonchev–Trinajstić information content (AvgIpc) is 2.47. The summed E-state index contributed by atoms with van der Waals surface area (Å²) < 4.78 is 15.5. The van der Waals surface area contributed by atoms with Crippen molar-refractivity contribution in [2.24, 2.45) is 0 Å². The Kier molecular flexibility index (Phi) is 2.98. The Labute approximate surface area is 123 Å². The van der Waals surface area contributed by atoms with Crippen LogP contribution in [0.5, 0.6) is 28.7 Å². The van der Waals surface area contributed by atoms with Gasteiger partial charge in [-0.1, -0.05) is 6.07 Å². The largest absolute Gasteiger partial charge is 0.507 e. The van der Waals surface area contributed by atoms with Gasteiger partial charge in [-0.25, -0.2) is 0 Å². The van der Waals surface area contributed by atoms with Crippen molar-refractivity contribution in [2.75, 3.05) is 14.2 Å². The van der Waals surface area contributed by atoms with Gasteiger partial charge >= 0.3 is 0 Å². The third-order valence-corrected chi connectivity index (χ3v) is 3.39. The Morgan fingerprint density at radius 1 is 0.955 bits per heavy atom. The van der Waals surface area contributed by atoms with Gasteiger partial charge in [0.05, 0.1) is 14.2 Å². The minimum atomic E-state index is -0.663. The van der Waals surface area contributed by atoms with E-state index in [0.717, 1.165) is 0 Å². The summed E-state index contributed by atoms with van der Waals surface area (Å²) in [6.45, 7) is 0. The monoisotopic (exact) mass is 304 g/mol. The molecule has 0 radical (unpaired) electrons. The van der Waals surface area contributed by atoms with Crippen molar-refractivity contribution in [1.29, 1.82) is 0 Å². The fourth-order valence-corrected chi connectivity index (χ4v) is 2.42. The third-order valence-electron chi connectivity index (χ3n) is 3.39. The molecular formula is C15H12O7. The van der Waals surface area contributed by atoms with Crippen molar-refractivity contribution in [3.8, 4) is 28.7 Å². The predicted octanol–water partition coefficient (Wildman–Crippen LogP) is 2.08. The first kappa shape index (κ1) is 13.9. The van der Waals surface area contributed by atoms with Gasteiger partial charge < -0.3 is 29.2 Å². The van der Waals surface area contributed by atoms with E-state index in [1.165, 1.54) is 32.4 Å². The number of benzene rings is 2. The molecule has 3 rings (SSSR count). The highest BCUT2D eigenvalue weighted by atomic mass is 16.5. The van der Waals surface area contributed by atoms with E-state index in [4.69, 9.17) is 13.9 Å². The Morgan fingerprint density at radius 2 is 1.64 bits per heavy atom. The topological polar surface area (TPSA) is 109 Å². The Hall–Kier alpha value is -3.09. The SMILES string of the molecule is COc1c(O)c(OC)c2oc3cccc(O)c3c(=O)c2c1O. The van der Waals surface area contributed by atoms with E-state index in [0.29, 0.717) is 0 Å². The first-order valence-corrected chi connectivity index (χ1v) is 6.25. The van der Waals surface area contributed by atoms with Crippen LogP contribution in [0.1, 0.15) is 0 Å². The smallest absolute Gasteiger partial charge is 0.208 e. The minimum Gasteiger partial charge on any atom is -0.507 e. The maximum atomic E-state index is 12.6. The number of phenols is 3. The molecule has 0 spiro atoms. The number of phenolic OH excluding ortho intramolecular Hbond substituents is 3. The van der Waals surface area contributed by atoms with Crippen LogP contribution in [0.25, 0.3) is 21.9 Å². The summed E-state index contributed by atoms with van der Waals surface area (Å²) in [6, 6.07) is 4.31. The van der Waals surface area contributed by atoms with E-state index in [1.54, 1.807) is 0 Å². The molecule has 0 fully saturated rings. The van der Waals surface area contributed by atoms with Crippen molar-refractivity contribution in [1.82, 2.24) is 0 Å². The van der Waals surface area contributed by atoms with E-state index in [-0.39, 0.29) is 39.2 Å². The molecule has 0 bridgehead atoms. The van der Waals surface area contributed by atoms with Gasteiger partial charge in [-0.2, -0.15) is 0 Å². The van der Waals surface area contributed by atoms with E-state index in [2.05, 4.69) is 0 Å². The highest BCUT2D eigenvalue weighted by Gasteiger charge is 2.26. The lowest BCUT2D eigenvalue weighted by molar-refractivity contribution is 0.324. The highest BCUT2D eigenvalue weighted by molar-refractivity contribution is 6.01. The molecule has 114 valence electrons. The maximum Gasteiger partial charge on any atom is 0.208 e. The van der Waals surface area contributed by atoms with Gasteiger partial charge in [0.25, 0.3) is 0 Å². The summed E-state index contributed by atoms with van der Waals surface area (Å²) in [6.07, 6.45) is 0. The number of methoxy groups -OCH3 is 2. The van der Waals surface area contributed by atoms with Crippen molar-refractivity contribution in [3.63, 3.8) is 0 Å². The van der Waals surface area contributed by atoms with Crippen LogP contribution in [0.15, 0.2) is 27.4 Å². The average molecular weight is 304 g/mol. The first-order chi connectivity index (χ1) is 10.5. The molecule has 0 atom stereocenters. The number of aromatic hydroxyl groups is 3. The molecule has 1 aromatic heterocycles. The molecule has 0 unspecified atom stereocenters. The van der Waals surface area contributed by atoms with Gasteiger partial charge in [-0.05, 0) is 12.1 Å². The van der Waals surface area contributed by atoms with Crippen LogP contribution in [0.4, 0.5) is 0 Å². The van der Waals surface area contributed by atoms with Gasteiger partial charge in [-0.15, -0.1) is 0 Å². The lowest BCUT2D eigenvalue weighted by Gasteiger charge is -2.13. The van der Waals surface area contributed by atoms with Crippen molar-refractivity contribution in [3.05, 3.63) is 28.4 Å². The summed E-state index contributed by atoms with van der Waals surface area (Å²) in [7, 11) is 2.50. The molecule has 0 aliphatic heterocycles. The van der Waals surface area contributed by atoms with Crippen molar-refractivity contribution >= 4 is 21.9 Å². The molecule has 0 saturated carbocycles. The minimum absolute atomic E-state index is 0.0832. The van der Waals surface area contributed by atoms with Crippen LogP contribution >= 0.6 is 0 Å². The normalized spacial score (nSPS) is 11.0. The number of rotatable bonds is 2. The quantitative estimate of drug-likeness (QED) is 0.622. The van der Waals surface area contributed by atoms with Crippen LogP contribution in [-0.4, -0.2) is 29.5 Å². The zero-order valence-electron chi connectivity index (χ0n) is 11.7. The van der Waals surface area contributed by atoms with Crippen LogP contribution < -0.4 is 14.9 Å². The fraction of sp³-hybridized carbons (Fsp3) is 0.133. The number of ether oxygens (including phenoxy) is 2. The van der Waals surface area contributed by atoms with E-state index >= 15 is 0 Å². The molecule has 0 saturated heterocycles. The summed E-state index contributed by atoms with van der Waals surface area (Å²) >= 11 is 0. The van der Waals surface area contributed by atoms with Crippen LogP contribution in [-0.2, 0) is 0 Å². The Bertz CT molecular complexity index is 956. The lowest BCUT2D eigenvalue weighted by Crippen LogP contribution is -2.05. The standard InChI is InChI=1S/C15H12O7/c1-20-14-11(18)9-10(17)8-6(16)4-3-5-7(8)22-13(9)15(21-2)12(14)19/h3-5,16,18-19H,1-2H3. The first-order valence-electron chi connectivity index (χ1n) is 6.25. The molecule has 7 heteroatoms. The van der Waals surface area contributed by atoms with Gasteiger partial charge in [0.15, 0.2) is 11.3 Å². The number of hydrogen-bond donors (Lipinski definition) is 3. The molecule has 3 aromatic rings. The van der Waals surface area contributed by atoms with Crippen LogP contribution in [0, 0.1) is 0 Å². The van der Waals surface area contributed by atoms with Gasteiger partial charge in [0.2, 0.25) is 22.7 Å². The summed E-state index contributed by atoms with van der Waals surface area (Å²) in [5.41, 5.74) is -0.704. The highest BCUT2D eigenvalue weighted by Crippen LogP contribution is 2.49. The second-order valence-electron chi connectivity index (χ2n) is 4.55. The molecule has 0 aliphatic rings. The maximum absolute atomic E-state index is 12.6. The molecular weight excluding hydrogens is 292 g/mol. The molecule has 2 aromatic carbocycles. The van der Waals surface area contributed by atoms with E-state index in [9.17, 15) is 20.1 Å². The predicted molar refractivity (Wildman–Crippen MR) is 78.1 cm³/mol. The number of fused-ring (bicyclic) bond motifs is 2. The number of hydrogen-bond acceptors (Lipinski definition) is 7. The van der Waals surface area contributed by atoms with E-state index < -0.39 is 16.9 Å². The second kappa shape index (κ2) is 4.73. The summed E-state index contributed by atoms with van der Waals surface area (Å²) in [4.78, 5) is 12.6. The molecule has 7 nitrogen and oxygen atoms in total. The van der Waals surface area contributed by atoms with Crippen LogP contribution in [0.3, 0.4) is 0 Å². The zero-order valence-corrected chi connectivity index (χ0v) is 11.7. The summed E-state index contributed by atoms with van der Waals surface area (Å²) in [5.74, 6) is -1.82. The molecule has 0 aliphatic carbocycles. The van der Waals surface area contributed by atoms with Gasteiger partial charge in [0, 0.05) is 0 Å². The van der Waals surface area contributed by atoms with Crippen LogP contribution in [0.2, 0.25) is 0 Å². The van der Waals surface area contributed by atoms with Crippen molar-refractivity contribution in [2.45, 2.75) is 0 Å². The van der Waals surface area contributed by atoms with E-state index in [1.807, 2.05) is 0 Å². The summed E-state index contributed by atoms with van der Waals surface area (Å²) in [5, 5.41) is 29.8. The fourth-order valence-electron chi connectivity index (χ4n) is 2.42. The Morgan fingerprint density at radius 3 is 2.27 bits per heavy atom. The zero-order chi connectivity index (χ0) is 16.0. The van der Waals surface area contributed by atoms with Gasteiger partial charge in [-0.3, -0.25) is 4.79 Å². The second-order valence-corrected chi connectivity index (χ2v) is 4.55. The molecule has 0 amide bonds. The lowest BCUT2D eigenvalue weighted by atomic mass is 10.1. The van der Waals surface area contributed by atoms with Crippen molar-refractivity contribution < 1.29 is 29.2 Å². The third kappa shape index (κ3) is 1.65. The van der Waals surface area contributed by atoms with Gasteiger partial charge in [0.1, 0.15) is 22.1 Å². The molecule has 3 N–H and O–H groups in total. The molecule has 22 heavy (non-hydrogen) atoms. The molecule has 1 heterocycles. The Balaban J connectivity index is 2.68.